The van der Waals surface area contributed by atoms with Crippen molar-refractivity contribution in [3.8, 4) is 17.5 Å². The van der Waals surface area contributed by atoms with Crippen molar-refractivity contribution in [1.82, 2.24) is 20.0 Å². The van der Waals surface area contributed by atoms with E-state index < -0.39 is 11.5 Å². The lowest BCUT2D eigenvalue weighted by molar-refractivity contribution is 0.0996. The van der Waals surface area contributed by atoms with Crippen LogP contribution in [0.2, 0.25) is 0 Å². The number of aliphatic hydroxyl groups is 1. The second-order valence-corrected chi connectivity index (χ2v) is 6.62. The van der Waals surface area contributed by atoms with Crippen LogP contribution in [0.4, 0.5) is 0 Å². The van der Waals surface area contributed by atoms with Crippen molar-refractivity contribution in [2.45, 2.75) is 12.5 Å². The summed E-state index contributed by atoms with van der Waals surface area (Å²) < 4.78 is 1.65. The maximum absolute atomic E-state index is 11.8. The van der Waals surface area contributed by atoms with Crippen LogP contribution in [0, 0.1) is 11.8 Å². The van der Waals surface area contributed by atoms with E-state index in [1.165, 1.54) is 6.20 Å². The summed E-state index contributed by atoms with van der Waals surface area (Å²) in [6, 6.07) is 18.1. The molecule has 0 fully saturated rings. The summed E-state index contributed by atoms with van der Waals surface area (Å²) in [6.07, 6.45) is 1.53. The molecule has 0 spiro atoms. The number of nitrogens with two attached hydrogens (primary N) is 1. The predicted octanol–water partition coefficient (Wildman–Crippen LogP) is 2.17. The Balaban J connectivity index is 1.75. The first-order chi connectivity index (χ1) is 14.0. The van der Waals surface area contributed by atoms with Crippen LogP contribution in [0.3, 0.4) is 0 Å². The maximum Gasteiger partial charge on any atom is 0.269 e. The van der Waals surface area contributed by atoms with Gasteiger partial charge in [0.15, 0.2) is 11.3 Å². The molecule has 0 saturated carbocycles. The highest BCUT2D eigenvalue weighted by atomic mass is 16.3. The van der Waals surface area contributed by atoms with Crippen molar-refractivity contribution in [3.63, 3.8) is 0 Å². The highest BCUT2D eigenvalue weighted by Gasteiger charge is 2.22. The third kappa shape index (κ3) is 3.57. The molecule has 1 atom stereocenters. The molecule has 142 valence electrons. The minimum absolute atomic E-state index is 0.211. The lowest BCUT2D eigenvalue weighted by atomic mass is 10.0. The Hall–Kier alpha value is -4.02. The maximum atomic E-state index is 11.8. The van der Waals surface area contributed by atoms with Gasteiger partial charge >= 0.3 is 0 Å². The molecule has 0 aliphatic carbocycles. The summed E-state index contributed by atoms with van der Waals surface area (Å²) in [4.78, 5) is 11.8. The number of aromatic nitrogens is 4. The first-order valence-corrected chi connectivity index (χ1v) is 8.87. The van der Waals surface area contributed by atoms with Crippen LogP contribution < -0.4 is 5.73 Å². The highest BCUT2D eigenvalue weighted by molar-refractivity contribution is 6.04. The number of primary amides is 1. The number of benzene rings is 2. The monoisotopic (exact) mass is 383 g/mol. The average Bonchev–Trinajstić information content (AvgIpc) is 3.13. The Kier molecular flexibility index (Phi) is 4.55. The molecule has 4 rings (SSSR count). The Bertz CT molecular complexity index is 1270. The molecule has 1 amide bonds. The van der Waals surface area contributed by atoms with Crippen molar-refractivity contribution in [3.05, 3.63) is 83.8 Å². The van der Waals surface area contributed by atoms with Crippen LogP contribution in [0.1, 0.15) is 28.7 Å². The molecule has 3 N–H and O–H groups in total. The van der Waals surface area contributed by atoms with E-state index in [0.717, 1.165) is 11.2 Å². The minimum atomic E-state index is -1.44. The quantitative estimate of drug-likeness (QED) is 0.527. The molecule has 1 unspecified atom stereocenters. The summed E-state index contributed by atoms with van der Waals surface area (Å²) in [5.74, 6) is 5.21. The summed E-state index contributed by atoms with van der Waals surface area (Å²) in [6.45, 7) is 1.56. The highest BCUT2D eigenvalue weighted by Crippen LogP contribution is 2.22. The van der Waals surface area contributed by atoms with Crippen molar-refractivity contribution < 1.29 is 9.90 Å². The minimum Gasteiger partial charge on any atom is -0.372 e. The number of nitrogens with zero attached hydrogens (tertiary/aromatic N) is 4. The van der Waals surface area contributed by atoms with Crippen LogP contribution in [0.5, 0.6) is 0 Å². The van der Waals surface area contributed by atoms with E-state index in [4.69, 9.17) is 5.73 Å². The third-order valence-electron chi connectivity index (χ3n) is 4.43. The summed E-state index contributed by atoms with van der Waals surface area (Å²) in [5, 5.41) is 23.4. The average molecular weight is 383 g/mol. The number of fused-ring (bicyclic) bond motifs is 1. The number of amides is 1. The van der Waals surface area contributed by atoms with Crippen LogP contribution in [-0.4, -0.2) is 31.0 Å². The number of rotatable bonds is 3. The van der Waals surface area contributed by atoms with Crippen LogP contribution >= 0.6 is 0 Å². The smallest absolute Gasteiger partial charge is 0.269 e. The normalized spacial score (nSPS) is 12.8. The topological polar surface area (TPSA) is 107 Å². The zero-order chi connectivity index (χ0) is 20.4. The number of para-hydroxylation sites is 1. The second kappa shape index (κ2) is 7.19. The van der Waals surface area contributed by atoms with Crippen molar-refractivity contribution >= 4 is 16.8 Å². The van der Waals surface area contributed by atoms with E-state index in [-0.39, 0.29) is 5.69 Å². The molecule has 2 aromatic heterocycles. The predicted molar refractivity (Wildman–Crippen MR) is 108 cm³/mol. The van der Waals surface area contributed by atoms with Gasteiger partial charge in [-0.1, -0.05) is 36.1 Å². The second-order valence-electron chi connectivity index (χ2n) is 6.62. The molecular weight excluding hydrogens is 366 g/mol. The van der Waals surface area contributed by atoms with Gasteiger partial charge in [0.1, 0.15) is 5.69 Å². The van der Waals surface area contributed by atoms with Gasteiger partial charge in [-0.15, -0.1) is 0 Å². The fourth-order valence-corrected chi connectivity index (χ4v) is 2.98. The molecule has 0 radical (unpaired) electrons. The van der Waals surface area contributed by atoms with Crippen molar-refractivity contribution in [2.75, 3.05) is 0 Å². The van der Waals surface area contributed by atoms with E-state index in [1.807, 2.05) is 42.5 Å². The van der Waals surface area contributed by atoms with E-state index in [1.54, 1.807) is 29.8 Å². The summed E-state index contributed by atoms with van der Waals surface area (Å²) >= 11 is 0. The Morgan fingerprint density at radius 2 is 1.97 bits per heavy atom. The molecule has 29 heavy (non-hydrogen) atoms. The van der Waals surface area contributed by atoms with Gasteiger partial charge in [0, 0.05) is 17.1 Å². The van der Waals surface area contributed by atoms with Gasteiger partial charge in [-0.05, 0) is 43.3 Å². The zero-order valence-corrected chi connectivity index (χ0v) is 15.6. The Morgan fingerprint density at radius 3 is 2.72 bits per heavy atom. The van der Waals surface area contributed by atoms with Gasteiger partial charge in [0.2, 0.25) is 0 Å². The largest absolute Gasteiger partial charge is 0.372 e. The van der Waals surface area contributed by atoms with Crippen molar-refractivity contribution in [2.24, 2.45) is 5.73 Å². The van der Waals surface area contributed by atoms with E-state index in [2.05, 4.69) is 27.1 Å². The molecule has 0 saturated heterocycles. The lowest BCUT2D eigenvalue weighted by Gasteiger charge is -2.14. The van der Waals surface area contributed by atoms with Gasteiger partial charge in [-0.3, -0.25) is 4.79 Å². The van der Waals surface area contributed by atoms with E-state index in [9.17, 15) is 9.90 Å². The zero-order valence-electron chi connectivity index (χ0n) is 15.6. The molecular formula is C22H17N5O2. The van der Waals surface area contributed by atoms with Crippen LogP contribution in [-0.2, 0) is 5.60 Å². The molecule has 0 aliphatic rings. The SMILES string of the molecule is CC(O)(C#Cc1cccc(-n2nc(C(N)=O)c3ccccc32)c1)c1cccnn1. The Labute approximate surface area is 166 Å². The van der Waals surface area contributed by atoms with Gasteiger partial charge in [-0.25, -0.2) is 4.68 Å². The fourth-order valence-electron chi connectivity index (χ4n) is 2.98. The van der Waals surface area contributed by atoms with Crippen molar-refractivity contribution in [1.29, 1.82) is 0 Å². The number of hydrogen-bond donors (Lipinski definition) is 2. The molecule has 4 aromatic rings. The van der Waals surface area contributed by atoms with Gasteiger partial charge in [-0.2, -0.15) is 15.3 Å². The van der Waals surface area contributed by atoms with Gasteiger partial charge in [0.25, 0.3) is 5.91 Å². The number of carbonyl (C=O) groups is 1. The van der Waals surface area contributed by atoms with E-state index in [0.29, 0.717) is 16.6 Å². The first kappa shape index (κ1) is 18.3. The standard InChI is InChI=1S/C22H17N5O2/c1-22(29,19-10-5-13-24-25-19)12-11-15-6-4-7-16(14-15)27-18-9-3-2-8-17(18)20(26-27)21(23)28/h2-10,13-14,29H,1H3,(H2,23,28). The van der Waals surface area contributed by atoms with Crippen LogP contribution in [0.25, 0.3) is 16.6 Å². The first-order valence-electron chi connectivity index (χ1n) is 8.87. The molecule has 2 aromatic carbocycles. The number of carbonyl (C=O) groups excluding carboxylic acids is 1. The fraction of sp³-hybridized carbons (Fsp3) is 0.0909. The van der Waals surface area contributed by atoms with Gasteiger partial charge < -0.3 is 10.8 Å². The molecule has 0 aliphatic heterocycles. The third-order valence-corrected chi connectivity index (χ3v) is 4.43. The van der Waals surface area contributed by atoms with Gasteiger partial charge in [0.05, 0.1) is 11.2 Å². The summed E-state index contributed by atoms with van der Waals surface area (Å²) in [7, 11) is 0. The van der Waals surface area contributed by atoms with E-state index >= 15 is 0 Å². The lowest BCUT2D eigenvalue weighted by Crippen LogP contribution is -2.20. The number of hydrogen-bond acceptors (Lipinski definition) is 5. The molecule has 7 nitrogen and oxygen atoms in total. The Morgan fingerprint density at radius 1 is 1.14 bits per heavy atom. The molecule has 2 heterocycles. The van der Waals surface area contributed by atoms with Crippen LogP contribution in [0.15, 0.2) is 66.9 Å². The molecule has 0 bridgehead atoms. The molecule has 7 heteroatoms. The summed E-state index contributed by atoms with van der Waals surface area (Å²) in [5.41, 5.74) is 6.77.